The summed E-state index contributed by atoms with van der Waals surface area (Å²) >= 11 is 0. The van der Waals surface area contributed by atoms with Crippen molar-refractivity contribution in [3.8, 4) is 5.75 Å². The van der Waals surface area contributed by atoms with Gasteiger partial charge in [-0.15, -0.1) is 0 Å². The fourth-order valence-corrected chi connectivity index (χ4v) is 6.36. The van der Waals surface area contributed by atoms with Gasteiger partial charge in [0.15, 0.2) is 0 Å². The van der Waals surface area contributed by atoms with Gasteiger partial charge in [-0.05, 0) is 61.9 Å². The van der Waals surface area contributed by atoms with Crippen LogP contribution < -0.4 is 10.1 Å². The number of carboxylic acid groups (broad SMARTS) is 1. The molecular weight excluding hydrogens is 486 g/mol. The first kappa shape index (κ1) is 26.1. The van der Waals surface area contributed by atoms with Crippen LogP contribution in [0.2, 0.25) is 0 Å². The molecule has 2 aromatic carbocycles. The molecule has 0 bridgehead atoms. The molecule has 2 aliphatic rings. The second-order valence-electron chi connectivity index (χ2n) is 9.05. The fourth-order valence-electron chi connectivity index (χ4n) is 4.64. The molecule has 194 valence electrons. The highest BCUT2D eigenvalue weighted by molar-refractivity contribution is 7.89. The van der Waals surface area contributed by atoms with Crippen LogP contribution >= 0.6 is 0 Å². The largest absolute Gasteiger partial charge is 0.480 e. The molecule has 3 atom stereocenters. The Morgan fingerprint density at radius 1 is 1.00 bits per heavy atom. The Hall–Kier alpha value is -2.99. The maximum Gasteiger partial charge on any atom is 0.415 e. The topological polar surface area (TPSA) is 136 Å². The maximum atomic E-state index is 13.1. The second-order valence-corrected chi connectivity index (χ2v) is 10.9. The summed E-state index contributed by atoms with van der Waals surface area (Å²) in [6, 6.07) is 12.6. The summed E-state index contributed by atoms with van der Waals surface area (Å²) in [6.07, 6.45) is 1.16. The van der Waals surface area contributed by atoms with Crippen molar-refractivity contribution in [3.05, 3.63) is 60.2 Å². The number of hydrogen-bond donors (Lipinski definition) is 3. The molecule has 1 amide bonds. The zero-order chi connectivity index (χ0) is 25.7. The van der Waals surface area contributed by atoms with Crippen LogP contribution in [-0.4, -0.2) is 77.8 Å². The van der Waals surface area contributed by atoms with E-state index >= 15 is 0 Å². The van der Waals surface area contributed by atoms with E-state index in [9.17, 15) is 28.2 Å². The molecule has 0 aromatic heterocycles. The van der Waals surface area contributed by atoms with Gasteiger partial charge in [0.25, 0.3) is 0 Å². The standard InChI is InChI=1S/C25H31N3O7S/c29-23(22-9-6-16-28(22)36(33,34)20-7-2-1-3-8-20)26-21(24(30)31)17-18-10-12-19(13-11-18)35-25(32)27-14-4-5-15-27/h1-3,7-8,10-13,21-23,26,29H,4-6,9,14-17H2,(H,30,31). The third kappa shape index (κ3) is 6.04. The second kappa shape index (κ2) is 11.4. The first-order valence-electron chi connectivity index (χ1n) is 12.1. The van der Waals surface area contributed by atoms with Gasteiger partial charge in [-0.2, -0.15) is 4.31 Å². The van der Waals surface area contributed by atoms with Crippen molar-refractivity contribution >= 4 is 22.1 Å². The van der Waals surface area contributed by atoms with Crippen LogP contribution in [0.1, 0.15) is 31.2 Å². The minimum atomic E-state index is -3.83. The molecule has 10 nitrogen and oxygen atoms in total. The van der Waals surface area contributed by atoms with Gasteiger partial charge in [0, 0.05) is 19.6 Å². The normalized spacial score (nSPS) is 20.2. The number of amides is 1. The third-order valence-corrected chi connectivity index (χ3v) is 8.50. The number of carbonyl (C=O) groups excluding carboxylic acids is 1. The first-order valence-corrected chi connectivity index (χ1v) is 13.5. The number of nitrogens with zero attached hydrogens (tertiary/aromatic N) is 2. The van der Waals surface area contributed by atoms with E-state index in [-0.39, 0.29) is 17.9 Å². The van der Waals surface area contributed by atoms with Crippen molar-refractivity contribution < 1.29 is 33.0 Å². The number of aliphatic carboxylic acids is 1. The lowest BCUT2D eigenvalue weighted by Crippen LogP contribution is -2.54. The zero-order valence-corrected chi connectivity index (χ0v) is 20.6. The molecule has 2 heterocycles. The number of benzene rings is 2. The van der Waals surface area contributed by atoms with Crippen molar-refractivity contribution in [1.82, 2.24) is 14.5 Å². The average Bonchev–Trinajstić information content (AvgIpc) is 3.58. The first-order chi connectivity index (χ1) is 17.3. The van der Waals surface area contributed by atoms with E-state index in [0.717, 1.165) is 12.8 Å². The van der Waals surface area contributed by atoms with Crippen LogP contribution in [0.4, 0.5) is 4.79 Å². The van der Waals surface area contributed by atoms with Gasteiger partial charge in [0.2, 0.25) is 10.0 Å². The number of aliphatic hydroxyl groups is 1. The Morgan fingerprint density at radius 2 is 1.67 bits per heavy atom. The van der Waals surface area contributed by atoms with E-state index in [1.54, 1.807) is 47.4 Å². The SMILES string of the molecule is O=C(O)C(Cc1ccc(OC(=O)N2CCCC2)cc1)NC(O)C1CCCN1S(=O)(=O)c1ccccc1. The summed E-state index contributed by atoms with van der Waals surface area (Å²) in [5.74, 6) is -0.808. The predicted octanol–water partition coefficient (Wildman–Crippen LogP) is 2.04. The number of aliphatic hydroxyl groups excluding tert-OH is 1. The molecule has 0 spiro atoms. The molecular formula is C25H31N3O7S. The van der Waals surface area contributed by atoms with E-state index in [4.69, 9.17) is 4.74 Å². The van der Waals surface area contributed by atoms with Crippen LogP contribution in [0.5, 0.6) is 5.75 Å². The molecule has 0 radical (unpaired) electrons. The van der Waals surface area contributed by atoms with Gasteiger partial charge in [-0.3, -0.25) is 10.1 Å². The van der Waals surface area contributed by atoms with E-state index in [0.29, 0.717) is 37.2 Å². The maximum absolute atomic E-state index is 13.1. The number of nitrogens with one attached hydrogen (secondary N) is 1. The molecule has 4 rings (SSSR count). The van der Waals surface area contributed by atoms with Crippen molar-refractivity contribution in [3.63, 3.8) is 0 Å². The number of hydrogen-bond acceptors (Lipinski definition) is 7. The Kier molecular flexibility index (Phi) is 8.24. The summed E-state index contributed by atoms with van der Waals surface area (Å²) in [5.41, 5.74) is 0.656. The van der Waals surface area contributed by atoms with Crippen LogP contribution in [0.25, 0.3) is 0 Å². The molecule has 0 aliphatic carbocycles. The number of carboxylic acids is 1. The molecule has 2 fully saturated rings. The van der Waals surface area contributed by atoms with Crippen molar-refractivity contribution in [2.45, 2.75) is 55.3 Å². The van der Waals surface area contributed by atoms with E-state index in [1.165, 1.54) is 16.4 Å². The predicted molar refractivity (Wildman–Crippen MR) is 131 cm³/mol. The van der Waals surface area contributed by atoms with E-state index in [1.807, 2.05) is 0 Å². The lowest BCUT2D eigenvalue weighted by Gasteiger charge is -2.30. The summed E-state index contributed by atoms with van der Waals surface area (Å²) < 4.78 is 32.8. The van der Waals surface area contributed by atoms with Gasteiger partial charge < -0.3 is 19.8 Å². The highest BCUT2D eigenvalue weighted by atomic mass is 32.2. The van der Waals surface area contributed by atoms with Crippen molar-refractivity contribution in [1.29, 1.82) is 0 Å². The highest BCUT2D eigenvalue weighted by Crippen LogP contribution is 2.27. The Labute approximate surface area is 210 Å². The van der Waals surface area contributed by atoms with Gasteiger partial charge in [-0.25, -0.2) is 13.2 Å². The lowest BCUT2D eigenvalue weighted by molar-refractivity contribution is -0.140. The number of likely N-dealkylation sites (tertiary alicyclic amines) is 1. The van der Waals surface area contributed by atoms with Gasteiger partial charge in [0.05, 0.1) is 10.9 Å². The zero-order valence-electron chi connectivity index (χ0n) is 19.8. The van der Waals surface area contributed by atoms with Gasteiger partial charge >= 0.3 is 12.1 Å². The van der Waals surface area contributed by atoms with E-state index in [2.05, 4.69) is 5.32 Å². The van der Waals surface area contributed by atoms with Crippen molar-refractivity contribution in [2.75, 3.05) is 19.6 Å². The minimum absolute atomic E-state index is 0.0465. The molecule has 11 heteroatoms. The third-order valence-electron chi connectivity index (χ3n) is 6.57. The molecule has 2 saturated heterocycles. The number of rotatable bonds is 9. The molecule has 0 saturated carbocycles. The van der Waals surface area contributed by atoms with Crippen LogP contribution in [0.15, 0.2) is 59.5 Å². The Bertz CT molecular complexity index is 1150. The summed E-state index contributed by atoms with van der Waals surface area (Å²) in [6.45, 7) is 1.60. The smallest absolute Gasteiger partial charge is 0.415 e. The average molecular weight is 518 g/mol. The fraction of sp³-hybridized carbons (Fsp3) is 0.440. The van der Waals surface area contributed by atoms with E-state index < -0.39 is 40.4 Å². The molecule has 36 heavy (non-hydrogen) atoms. The van der Waals surface area contributed by atoms with Crippen LogP contribution in [0, 0.1) is 0 Å². The van der Waals surface area contributed by atoms with Gasteiger partial charge in [-0.1, -0.05) is 30.3 Å². The van der Waals surface area contributed by atoms with Crippen LogP contribution in [0.3, 0.4) is 0 Å². The summed E-state index contributed by atoms with van der Waals surface area (Å²) in [7, 11) is -3.83. The molecule has 3 N–H and O–H groups in total. The summed E-state index contributed by atoms with van der Waals surface area (Å²) in [4.78, 5) is 25.8. The number of sulfonamides is 1. The number of carbonyl (C=O) groups is 2. The molecule has 2 aliphatic heterocycles. The quantitative estimate of drug-likeness (QED) is 0.430. The lowest BCUT2D eigenvalue weighted by atomic mass is 10.0. The van der Waals surface area contributed by atoms with Gasteiger partial charge in [0.1, 0.15) is 18.0 Å². The monoisotopic (exact) mass is 517 g/mol. The number of ether oxygens (including phenoxy) is 1. The highest BCUT2D eigenvalue weighted by Gasteiger charge is 2.40. The van der Waals surface area contributed by atoms with Crippen LogP contribution in [-0.2, 0) is 21.2 Å². The molecule has 2 aromatic rings. The summed E-state index contributed by atoms with van der Waals surface area (Å²) in [5, 5.41) is 23.3. The van der Waals surface area contributed by atoms with Crippen molar-refractivity contribution in [2.24, 2.45) is 0 Å². The Morgan fingerprint density at radius 3 is 2.31 bits per heavy atom. The Balaban J connectivity index is 1.39. The molecule has 3 unspecified atom stereocenters. The minimum Gasteiger partial charge on any atom is -0.480 e.